The van der Waals surface area contributed by atoms with Gasteiger partial charge in [-0.3, -0.25) is 4.79 Å². The van der Waals surface area contributed by atoms with E-state index in [9.17, 15) is 4.79 Å². The van der Waals surface area contributed by atoms with Gasteiger partial charge in [-0.2, -0.15) is 0 Å². The van der Waals surface area contributed by atoms with Gasteiger partial charge >= 0.3 is 5.97 Å². The predicted molar refractivity (Wildman–Crippen MR) is 58.7 cm³/mol. The number of hydrogen-bond donors (Lipinski definition) is 1. The lowest BCUT2D eigenvalue weighted by molar-refractivity contribution is -0.141. The van der Waals surface area contributed by atoms with Crippen molar-refractivity contribution in [3.8, 4) is 0 Å². The molecule has 0 spiro atoms. The monoisotopic (exact) mass is 243 g/mol. The van der Waals surface area contributed by atoms with E-state index in [1.165, 1.54) is 11.3 Å². The summed E-state index contributed by atoms with van der Waals surface area (Å²) in [5, 5.41) is 17.6. The Morgan fingerprint density at radius 1 is 1.75 bits per heavy atom. The number of carboxylic acid groups (broad SMARTS) is 1. The van der Waals surface area contributed by atoms with Crippen molar-refractivity contribution < 1.29 is 14.6 Å². The van der Waals surface area contributed by atoms with Crippen LogP contribution in [-0.4, -0.2) is 47.1 Å². The topological polar surface area (TPSA) is 75.5 Å². The highest BCUT2D eigenvalue weighted by Crippen LogP contribution is 2.26. The molecule has 0 aliphatic carbocycles. The molecular formula is C9H13N3O3S. The summed E-state index contributed by atoms with van der Waals surface area (Å²) in [4.78, 5) is 13.0. The minimum atomic E-state index is -0.814. The van der Waals surface area contributed by atoms with E-state index in [-0.39, 0.29) is 12.6 Å². The Bertz CT molecular complexity index is 357. The zero-order chi connectivity index (χ0) is 11.5. The van der Waals surface area contributed by atoms with Crippen molar-refractivity contribution in [3.63, 3.8) is 0 Å². The van der Waals surface area contributed by atoms with Crippen molar-refractivity contribution in [1.82, 2.24) is 10.2 Å². The van der Waals surface area contributed by atoms with Crippen LogP contribution in [-0.2, 0) is 9.53 Å². The maximum atomic E-state index is 11.1. The highest BCUT2D eigenvalue weighted by molar-refractivity contribution is 7.13. The maximum Gasteiger partial charge on any atom is 0.311 e. The van der Waals surface area contributed by atoms with Gasteiger partial charge in [-0.1, -0.05) is 11.3 Å². The van der Waals surface area contributed by atoms with Gasteiger partial charge in [0.25, 0.3) is 0 Å². The predicted octanol–water partition coefficient (Wildman–Crippen LogP) is 0.464. The number of nitrogens with zero attached hydrogens (tertiary/aromatic N) is 3. The molecule has 7 heteroatoms. The molecule has 0 saturated carbocycles. The number of rotatable bonds is 4. The van der Waals surface area contributed by atoms with E-state index in [4.69, 9.17) is 9.84 Å². The lowest BCUT2D eigenvalue weighted by Crippen LogP contribution is -2.43. The molecule has 1 aliphatic rings. The average Bonchev–Trinajstić information content (AvgIpc) is 2.88. The fraction of sp³-hybridized carbons (Fsp3) is 0.667. The molecule has 1 saturated heterocycles. The van der Waals surface area contributed by atoms with Gasteiger partial charge < -0.3 is 14.7 Å². The molecule has 1 fully saturated rings. The number of carboxylic acids is 1. The number of anilines is 1. The van der Waals surface area contributed by atoms with Crippen LogP contribution in [0.5, 0.6) is 0 Å². The normalized spacial score (nSPS) is 24.6. The third-order valence-electron chi connectivity index (χ3n) is 2.70. The number of likely N-dealkylation sites (N-methyl/N-ethyl adjacent to an activating group) is 1. The molecule has 1 aromatic rings. The van der Waals surface area contributed by atoms with Crippen LogP contribution in [0.1, 0.15) is 6.92 Å². The third kappa shape index (κ3) is 2.00. The molecule has 1 N–H and O–H groups in total. The molecule has 0 bridgehead atoms. The molecule has 2 atom stereocenters. The third-order valence-corrected chi connectivity index (χ3v) is 3.43. The van der Waals surface area contributed by atoms with Crippen LogP contribution >= 0.6 is 11.3 Å². The van der Waals surface area contributed by atoms with Gasteiger partial charge in [-0.25, -0.2) is 0 Å². The largest absolute Gasteiger partial charge is 0.481 e. The lowest BCUT2D eigenvalue weighted by atomic mass is 10.0. The van der Waals surface area contributed by atoms with E-state index >= 15 is 0 Å². The maximum absolute atomic E-state index is 11.1. The van der Waals surface area contributed by atoms with Crippen LogP contribution in [0, 0.1) is 5.92 Å². The number of aliphatic carboxylic acids is 1. The molecule has 1 aromatic heterocycles. The van der Waals surface area contributed by atoms with Crippen molar-refractivity contribution in [2.75, 3.05) is 24.7 Å². The Morgan fingerprint density at radius 2 is 2.56 bits per heavy atom. The smallest absolute Gasteiger partial charge is 0.311 e. The van der Waals surface area contributed by atoms with Crippen LogP contribution in [0.4, 0.5) is 5.13 Å². The fourth-order valence-electron chi connectivity index (χ4n) is 1.89. The molecule has 2 heterocycles. The van der Waals surface area contributed by atoms with E-state index in [1.54, 1.807) is 5.51 Å². The quantitative estimate of drug-likeness (QED) is 0.828. The molecule has 2 unspecified atom stereocenters. The second kappa shape index (κ2) is 4.75. The molecule has 2 rings (SSSR count). The molecule has 1 aliphatic heterocycles. The van der Waals surface area contributed by atoms with Crippen molar-refractivity contribution in [2.24, 2.45) is 5.92 Å². The molecule has 0 aromatic carbocycles. The summed E-state index contributed by atoms with van der Waals surface area (Å²) >= 11 is 1.41. The summed E-state index contributed by atoms with van der Waals surface area (Å²) in [6, 6.07) is -0.143. The van der Waals surface area contributed by atoms with Gasteiger partial charge in [0.05, 0.1) is 19.3 Å². The number of hydrogen-bond acceptors (Lipinski definition) is 6. The standard InChI is InChI=1S/C9H13N3O3S/c1-2-12(9-11-10-5-16-9)7-4-15-3-6(7)8(13)14/h5-7H,2-4H2,1H3,(H,13,14). The fourth-order valence-corrected chi connectivity index (χ4v) is 2.57. The van der Waals surface area contributed by atoms with E-state index in [1.807, 2.05) is 11.8 Å². The lowest BCUT2D eigenvalue weighted by Gasteiger charge is -2.28. The van der Waals surface area contributed by atoms with Gasteiger partial charge in [-0.15, -0.1) is 10.2 Å². The van der Waals surface area contributed by atoms with Crippen molar-refractivity contribution >= 4 is 22.4 Å². The van der Waals surface area contributed by atoms with Crippen LogP contribution in [0.15, 0.2) is 5.51 Å². The Hall–Kier alpha value is -1.21. The van der Waals surface area contributed by atoms with Crippen LogP contribution in [0.3, 0.4) is 0 Å². The Balaban J connectivity index is 2.18. The van der Waals surface area contributed by atoms with E-state index in [2.05, 4.69) is 10.2 Å². The Morgan fingerprint density at radius 3 is 3.12 bits per heavy atom. The summed E-state index contributed by atoms with van der Waals surface area (Å²) in [7, 11) is 0. The number of aromatic nitrogens is 2. The molecule has 0 radical (unpaired) electrons. The zero-order valence-electron chi connectivity index (χ0n) is 8.87. The first kappa shape index (κ1) is 11.3. The van der Waals surface area contributed by atoms with Crippen molar-refractivity contribution in [3.05, 3.63) is 5.51 Å². The molecule has 0 amide bonds. The first-order valence-corrected chi connectivity index (χ1v) is 5.95. The van der Waals surface area contributed by atoms with Crippen molar-refractivity contribution in [2.45, 2.75) is 13.0 Å². The summed E-state index contributed by atoms with van der Waals surface area (Å²) in [5.41, 5.74) is 1.64. The number of carbonyl (C=O) groups is 1. The van der Waals surface area contributed by atoms with E-state index in [0.717, 1.165) is 5.13 Å². The van der Waals surface area contributed by atoms with Gasteiger partial charge in [0.15, 0.2) is 0 Å². The number of ether oxygens (including phenoxy) is 1. The Kier molecular flexibility index (Phi) is 3.35. The summed E-state index contributed by atoms with van der Waals surface area (Å²) < 4.78 is 5.25. The van der Waals surface area contributed by atoms with Crippen LogP contribution < -0.4 is 4.90 Å². The van der Waals surface area contributed by atoms with Gasteiger partial charge in [-0.05, 0) is 6.92 Å². The second-order valence-electron chi connectivity index (χ2n) is 3.56. The second-order valence-corrected chi connectivity index (χ2v) is 4.37. The minimum absolute atomic E-state index is 0.143. The average molecular weight is 243 g/mol. The first-order chi connectivity index (χ1) is 7.74. The molecule has 6 nitrogen and oxygen atoms in total. The summed E-state index contributed by atoms with van der Waals surface area (Å²) in [6.45, 7) is 3.38. The van der Waals surface area contributed by atoms with Crippen LogP contribution in [0.25, 0.3) is 0 Å². The highest BCUT2D eigenvalue weighted by atomic mass is 32.1. The SMILES string of the molecule is CCN(c1nncs1)C1COCC1C(=O)O. The van der Waals surface area contributed by atoms with Gasteiger partial charge in [0.1, 0.15) is 11.4 Å². The summed E-state index contributed by atoms with van der Waals surface area (Å²) in [5.74, 6) is -1.30. The Labute approximate surface area is 96.9 Å². The zero-order valence-corrected chi connectivity index (χ0v) is 9.68. The molecular weight excluding hydrogens is 230 g/mol. The van der Waals surface area contributed by atoms with Gasteiger partial charge in [0.2, 0.25) is 5.13 Å². The summed E-state index contributed by atoms with van der Waals surface area (Å²) in [6.07, 6.45) is 0. The first-order valence-electron chi connectivity index (χ1n) is 5.07. The van der Waals surface area contributed by atoms with Crippen LogP contribution in [0.2, 0.25) is 0 Å². The molecule has 16 heavy (non-hydrogen) atoms. The van der Waals surface area contributed by atoms with Gasteiger partial charge in [0, 0.05) is 6.54 Å². The highest BCUT2D eigenvalue weighted by Gasteiger charge is 2.38. The van der Waals surface area contributed by atoms with Crippen molar-refractivity contribution in [1.29, 1.82) is 0 Å². The van der Waals surface area contributed by atoms with E-state index in [0.29, 0.717) is 13.2 Å². The molecule has 88 valence electrons. The van der Waals surface area contributed by atoms with E-state index < -0.39 is 11.9 Å². The minimum Gasteiger partial charge on any atom is -0.481 e.